The molecule has 1 saturated heterocycles. The van der Waals surface area contributed by atoms with E-state index in [4.69, 9.17) is 4.74 Å². The smallest absolute Gasteiger partial charge is 0.103 e. The van der Waals surface area contributed by atoms with Crippen LogP contribution in [0.5, 0.6) is 0 Å². The highest BCUT2D eigenvalue weighted by Gasteiger charge is 2.18. The summed E-state index contributed by atoms with van der Waals surface area (Å²) in [7, 11) is 0. The molecule has 0 radical (unpaired) electrons. The van der Waals surface area contributed by atoms with Gasteiger partial charge >= 0.3 is 0 Å². The van der Waals surface area contributed by atoms with Gasteiger partial charge in [0.05, 0.1) is 6.10 Å². The minimum atomic E-state index is 0.496. The summed E-state index contributed by atoms with van der Waals surface area (Å²) >= 11 is 2.02. The van der Waals surface area contributed by atoms with Gasteiger partial charge in [0, 0.05) is 0 Å². The van der Waals surface area contributed by atoms with E-state index in [2.05, 4.69) is 13.8 Å². The van der Waals surface area contributed by atoms with Crippen LogP contribution in [0.25, 0.3) is 0 Å². The molecule has 0 amide bonds. The molecule has 0 aliphatic carbocycles. The maximum atomic E-state index is 5.89. The van der Waals surface area contributed by atoms with Gasteiger partial charge < -0.3 is 4.74 Å². The molecule has 0 aromatic carbocycles. The molecule has 0 saturated carbocycles. The van der Waals surface area contributed by atoms with Crippen LogP contribution in [0.2, 0.25) is 0 Å². The average Bonchev–Trinajstić information content (AvgIpc) is 2.28. The lowest BCUT2D eigenvalue weighted by Crippen LogP contribution is -2.23. The Bertz CT molecular complexity index is 161. The van der Waals surface area contributed by atoms with E-state index < -0.39 is 0 Å². The zero-order valence-corrected chi connectivity index (χ0v) is 11.9. The van der Waals surface area contributed by atoms with Gasteiger partial charge in [-0.2, -0.15) is 0 Å². The number of rotatable bonds is 8. The standard InChI is InChI=1S/C14H28OS/c1-3-4-5-6-7-8-9-10-14-15-13(2)11-12-16-14/h13-14H,3-12H2,1-2H3. The van der Waals surface area contributed by atoms with Crippen molar-refractivity contribution in [3.8, 4) is 0 Å². The maximum absolute atomic E-state index is 5.89. The van der Waals surface area contributed by atoms with Crippen molar-refractivity contribution in [2.24, 2.45) is 0 Å². The topological polar surface area (TPSA) is 9.23 Å². The summed E-state index contributed by atoms with van der Waals surface area (Å²) in [5.74, 6) is 1.29. The van der Waals surface area contributed by atoms with E-state index in [0.717, 1.165) is 0 Å². The molecule has 1 aliphatic rings. The monoisotopic (exact) mass is 244 g/mol. The Morgan fingerprint density at radius 2 is 1.75 bits per heavy atom. The van der Waals surface area contributed by atoms with E-state index >= 15 is 0 Å². The Morgan fingerprint density at radius 1 is 1.06 bits per heavy atom. The SMILES string of the molecule is CCCCCCCCCC1OC(C)CCS1. The van der Waals surface area contributed by atoms with Crippen LogP contribution in [0.1, 0.15) is 71.6 Å². The number of ether oxygens (including phenoxy) is 1. The molecule has 0 aromatic rings. The first-order valence-corrected chi connectivity index (χ1v) is 8.15. The number of unbranched alkanes of at least 4 members (excludes halogenated alkanes) is 6. The van der Waals surface area contributed by atoms with Crippen LogP contribution in [0, 0.1) is 0 Å². The fourth-order valence-corrected chi connectivity index (χ4v) is 3.48. The number of hydrogen-bond acceptors (Lipinski definition) is 2. The maximum Gasteiger partial charge on any atom is 0.103 e. The molecule has 1 nitrogen and oxygen atoms in total. The van der Waals surface area contributed by atoms with Gasteiger partial charge in [-0.05, 0) is 31.9 Å². The Labute approximate surface area is 106 Å². The Morgan fingerprint density at radius 3 is 2.44 bits per heavy atom. The Hall–Kier alpha value is 0.310. The summed E-state index contributed by atoms with van der Waals surface area (Å²) in [5.41, 5.74) is 0.499. The van der Waals surface area contributed by atoms with E-state index in [1.54, 1.807) is 0 Å². The Balaban J connectivity index is 1.86. The quantitative estimate of drug-likeness (QED) is 0.556. The van der Waals surface area contributed by atoms with Crippen molar-refractivity contribution in [1.29, 1.82) is 0 Å². The Kier molecular flexibility index (Phi) is 8.40. The molecule has 0 spiro atoms. The van der Waals surface area contributed by atoms with Gasteiger partial charge in [0.2, 0.25) is 0 Å². The summed E-state index contributed by atoms with van der Waals surface area (Å²) < 4.78 is 5.89. The van der Waals surface area contributed by atoms with E-state index in [1.165, 1.54) is 63.5 Å². The first-order valence-electron chi connectivity index (χ1n) is 7.10. The summed E-state index contributed by atoms with van der Waals surface area (Å²) in [5, 5.41) is 0. The second-order valence-corrected chi connectivity index (χ2v) is 6.21. The largest absolute Gasteiger partial charge is 0.365 e. The van der Waals surface area contributed by atoms with Gasteiger partial charge in [0.1, 0.15) is 5.44 Å². The summed E-state index contributed by atoms with van der Waals surface area (Å²) in [6.45, 7) is 4.48. The summed E-state index contributed by atoms with van der Waals surface area (Å²) in [6, 6.07) is 0. The zero-order chi connectivity index (χ0) is 11.6. The van der Waals surface area contributed by atoms with Crippen LogP contribution in [-0.4, -0.2) is 17.3 Å². The molecule has 1 fully saturated rings. The normalized spacial score (nSPS) is 25.9. The fraction of sp³-hybridized carbons (Fsp3) is 1.00. The van der Waals surface area contributed by atoms with Crippen molar-refractivity contribution in [1.82, 2.24) is 0 Å². The zero-order valence-electron chi connectivity index (χ0n) is 11.0. The van der Waals surface area contributed by atoms with E-state index in [1.807, 2.05) is 11.8 Å². The second kappa shape index (κ2) is 9.35. The van der Waals surface area contributed by atoms with Gasteiger partial charge in [0.25, 0.3) is 0 Å². The molecule has 1 rings (SSSR count). The predicted octanol–water partition coefficient (Wildman–Crippen LogP) is 5.00. The minimum Gasteiger partial charge on any atom is -0.365 e. The third kappa shape index (κ3) is 6.80. The second-order valence-electron chi connectivity index (χ2n) is 4.95. The van der Waals surface area contributed by atoms with Crippen molar-refractivity contribution in [3.63, 3.8) is 0 Å². The van der Waals surface area contributed by atoms with Crippen molar-refractivity contribution >= 4 is 11.8 Å². The van der Waals surface area contributed by atoms with Gasteiger partial charge in [-0.25, -0.2) is 0 Å². The average molecular weight is 244 g/mol. The summed E-state index contributed by atoms with van der Waals surface area (Å²) in [4.78, 5) is 0. The summed E-state index contributed by atoms with van der Waals surface area (Å²) in [6.07, 6.45) is 12.8. The van der Waals surface area contributed by atoms with Gasteiger partial charge in [-0.1, -0.05) is 45.4 Å². The van der Waals surface area contributed by atoms with Crippen LogP contribution >= 0.6 is 11.8 Å². The highest BCUT2D eigenvalue weighted by atomic mass is 32.2. The molecule has 2 atom stereocenters. The fourth-order valence-electron chi connectivity index (χ4n) is 2.15. The lowest BCUT2D eigenvalue weighted by molar-refractivity contribution is 0.0332. The molecule has 16 heavy (non-hydrogen) atoms. The van der Waals surface area contributed by atoms with E-state index in [9.17, 15) is 0 Å². The predicted molar refractivity (Wildman–Crippen MR) is 74.0 cm³/mol. The number of thioether (sulfide) groups is 1. The molecule has 2 heteroatoms. The minimum absolute atomic E-state index is 0.496. The molecule has 0 bridgehead atoms. The first-order chi connectivity index (χ1) is 7.83. The molecule has 0 aromatic heterocycles. The molecular weight excluding hydrogens is 216 g/mol. The van der Waals surface area contributed by atoms with Crippen molar-refractivity contribution < 1.29 is 4.74 Å². The molecule has 1 heterocycles. The van der Waals surface area contributed by atoms with Gasteiger partial charge in [-0.15, -0.1) is 11.8 Å². The third-order valence-corrected chi connectivity index (χ3v) is 4.45. The van der Waals surface area contributed by atoms with Crippen LogP contribution in [0.15, 0.2) is 0 Å². The first kappa shape index (κ1) is 14.4. The van der Waals surface area contributed by atoms with E-state index in [0.29, 0.717) is 11.5 Å². The molecule has 2 unspecified atom stereocenters. The molecule has 96 valence electrons. The lowest BCUT2D eigenvalue weighted by Gasteiger charge is -2.27. The van der Waals surface area contributed by atoms with Crippen LogP contribution in [-0.2, 0) is 4.74 Å². The van der Waals surface area contributed by atoms with Crippen LogP contribution < -0.4 is 0 Å². The highest BCUT2D eigenvalue weighted by Crippen LogP contribution is 2.27. The molecular formula is C14H28OS. The third-order valence-electron chi connectivity index (χ3n) is 3.26. The highest BCUT2D eigenvalue weighted by molar-refractivity contribution is 7.99. The number of hydrogen-bond donors (Lipinski definition) is 0. The molecule has 1 aliphatic heterocycles. The lowest BCUT2D eigenvalue weighted by atomic mass is 10.1. The van der Waals surface area contributed by atoms with Crippen LogP contribution in [0.4, 0.5) is 0 Å². The van der Waals surface area contributed by atoms with E-state index in [-0.39, 0.29) is 0 Å². The van der Waals surface area contributed by atoms with Gasteiger partial charge in [0.15, 0.2) is 0 Å². The van der Waals surface area contributed by atoms with Crippen molar-refractivity contribution in [2.45, 2.75) is 83.2 Å². The van der Waals surface area contributed by atoms with Crippen molar-refractivity contribution in [3.05, 3.63) is 0 Å². The van der Waals surface area contributed by atoms with Gasteiger partial charge in [-0.3, -0.25) is 0 Å². The van der Waals surface area contributed by atoms with Crippen LogP contribution in [0.3, 0.4) is 0 Å². The molecule has 0 N–H and O–H groups in total. The van der Waals surface area contributed by atoms with Crippen molar-refractivity contribution in [2.75, 3.05) is 5.75 Å².